The van der Waals surface area contributed by atoms with Gasteiger partial charge in [-0.05, 0) is 12.8 Å². The first-order valence-corrected chi connectivity index (χ1v) is 12.0. The minimum Gasteiger partial charge on any atom is -0.294 e. The highest BCUT2D eigenvalue weighted by molar-refractivity contribution is 7.60. The lowest BCUT2D eigenvalue weighted by molar-refractivity contribution is 0.415. The van der Waals surface area contributed by atoms with Gasteiger partial charge in [0.15, 0.2) is 0 Å². The minimum atomic E-state index is -0.661. The van der Waals surface area contributed by atoms with Crippen LogP contribution >= 0.6 is 8.22 Å². The van der Waals surface area contributed by atoms with E-state index in [1.54, 1.807) is 0 Å². The molecule has 0 heterocycles. The van der Waals surface area contributed by atoms with Crippen molar-refractivity contribution in [3.63, 3.8) is 0 Å². The van der Waals surface area contributed by atoms with Gasteiger partial charge < -0.3 is 0 Å². The molecule has 1 aromatic rings. The molecular weight excluding hydrogens is 323 g/mol. The Kier molecular flexibility index (Phi) is 14.3. The van der Waals surface area contributed by atoms with Crippen LogP contribution in [0.3, 0.4) is 0 Å². The van der Waals surface area contributed by atoms with Crippen LogP contribution in [0.5, 0.6) is 0 Å². The lowest BCUT2D eigenvalue weighted by Crippen LogP contribution is -2.29. The summed E-state index contributed by atoms with van der Waals surface area (Å²) >= 11 is 0. The number of benzene rings is 1. The molecule has 0 radical (unpaired) electrons. The molecule has 1 rings (SSSR count). The molecule has 0 bridgehead atoms. The summed E-state index contributed by atoms with van der Waals surface area (Å²) in [5.74, 6) is 0. The maximum Gasteiger partial charge on any atom is 0.0668 e. The first-order valence-electron chi connectivity index (χ1n) is 10.6. The zero-order chi connectivity index (χ0) is 18.2. The van der Waals surface area contributed by atoms with Crippen molar-refractivity contribution in [1.29, 1.82) is 0 Å². The predicted octanol–water partition coefficient (Wildman–Crippen LogP) is 6.61. The Hall–Kier alpha value is -0.430. The van der Waals surface area contributed by atoms with Gasteiger partial charge >= 0.3 is 0 Å². The third-order valence-electron chi connectivity index (χ3n) is 4.87. The first kappa shape index (κ1) is 22.6. The molecule has 0 saturated heterocycles. The third-order valence-corrected chi connectivity index (χ3v) is 6.70. The van der Waals surface area contributed by atoms with Crippen LogP contribution in [0.1, 0.15) is 90.9 Å². The fraction of sp³-hybridized carbons (Fsp3) is 0.727. The minimum absolute atomic E-state index is 0.661. The Labute approximate surface area is 158 Å². The van der Waals surface area contributed by atoms with Crippen molar-refractivity contribution in [3.05, 3.63) is 30.3 Å². The molecule has 0 spiro atoms. The summed E-state index contributed by atoms with van der Waals surface area (Å²) in [6, 6.07) is 10.7. The van der Waals surface area contributed by atoms with Crippen LogP contribution in [0.4, 0.5) is 0 Å². The molecular formula is C22H41N2P. The molecule has 0 amide bonds. The van der Waals surface area contributed by atoms with Gasteiger partial charge in [-0.1, -0.05) is 108 Å². The van der Waals surface area contributed by atoms with E-state index in [2.05, 4.69) is 48.8 Å². The van der Waals surface area contributed by atoms with E-state index in [1.165, 1.54) is 82.4 Å². The summed E-state index contributed by atoms with van der Waals surface area (Å²) in [7, 11) is -0.661. The van der Waals surface area contributed by atoms with Crippen molar-refractivity contribution >= 4 is 13.5 Å². The van der Waals surface area contributed by atoms with Crippen molar-refractivity contribution in [2.75, 3.05) is 13.1 Å². The van der Waals surface area contributed by atoms with Gasteiger partial charge in [-0.2, -0.15) is 0 Å². The lowest BCUT2D eigenvalue weighted by Gasteiger charge is -2.29. The van der Waals surface area contributed by atoms with Crippen molar-refractivity contribution < 1.29 is 0 Å². The van der Waals surface area contributed by atoms with Gasteiger partial charge in [-0.15, -0.1) is 0 Å². The zero-order valence-corrected chi connectivity index (χ0v) is 17.7. The molecule has 0 aromatic heterocycles. The summed E-state index contributed by atoms with van der Waals surface area (Å²) in [4.78, 5) is 0. The predicted molar refractivity (Wildman–Crippen MR) is 116 cm³/mol. The fourth-order valence-electron chi connectivity index (χ4n) is 3.22. The maximum atomic E-state index is 6.65. The van der Waals surface area contributed by atoms with Gasteiger partial charge in [0.2, 0.25) is 0 Å². The average molecular weight is 365 g/mol. The standard InChI is InChI=1S/C22H41N2P/c1-3-5-7-9-11-16-20-24(21-17-12-10-8-6-4-2)25(23)22-18-14-13-15-19-22/h13-15,18-19H,3-12,16-17,20-21,23H2,1-2H3. The van der Waals surface area contributed by atoms with E-state index in [-0.39, 0.29) is 0 Å². The number of nitrogens with zero attached hydrogens (tertiary/aromatic N) is 1. The molecule has 0 aliphatic heterocycles. The second-order valence-corrected chi connectivity index (χ2v) is 8.94. The van der Waals surface area contributed by atoms with Crippen LogP contribution in [0.25, 0.3) is 0 Å². The third kappa shape index (κ3) is 11.0. The second-order valence-electron chi connectivity index (χ2n) is 7.17. The first-order chi connectivity index (χ1) is 12.3. The van der Waals surface area contributed by atoms with Gasteiger partial charge in [0, 0.05) is 18.4 Å². The monoisotopic (exact) mass is 364 g/mol. The molecule has 2 N–H and O–H groups in total. The van der Waals surface area contributed by atoms with E-state index in [1.807, 2.05) is 0 Å². The number of hydrogen-bond donors (Lipinski definition) is 1. The summed E-state index contributed by atoms with van der Waals surface area (Å²) in [6.07, 6.45) is 16.3. The number of hydrogen-bond acceptors (Lipinski definition) is 2. The summed E-state index contributed by atoms with van der Waals surface area (Å²) < 4.78 is 2.57. The Morgan fingerprint density at radius 3 is 1.60 bits per heavy atom. The van der Waals surface area contributed by atoms with Crippen molar-refractivity contribution in [3.8, 4) is 0 Å². The van der Waals surface area contributed by atoms with Gasteiger partial charge in [-0.25, -0.2) is 0 Å². The van der Waals surface area contributed by atoms with Crippen LogP contribution in [0.15, 0.2) is 30.3 Å². The van der Waals surface area contributed by atoms with Crippen LogP contribution < -0.4 is 10.8 Å². The molecule has 1 atom stereocenters. The molecule has 0 aliphatic carbocycles. The summed E-state index contributed by atoms with van der Waals surface area (Å²) in [5.41, 5.74) is 6.65. The van der Waals surface area contributed by atoms with Crippen molar-refractivity contribution in [1.82, 2.24) is 4.67 Å². The highest BCUT2D eigenvalue weighted by Gasteiger charge is 2.15. The SMILES string of the molecule is CCCCCCCCN(CCCCCCCC)P(N)c1ccccc1. The summed E-state index contributed by atoms with van der Waals surface area (Å²) in [6.45, 7) is 6.89. The fourth-order valence-corrected chi connectivity index (χ4v) is 4.74. The van der Waals surface area contributed by atoms with E-state index in [0.717, 1.165) is 13.1 Å². The molecule has 144 valence electrons. The molecule has 0 fully saturated rings. The van der Waals surface area contributed by atoms with E-state index in [4.69, 9.17) is 5.50 Å². The van der Waals surface area contributed by atoms with Gasteiger partial charge in [0.1, 0.15) is 0 Å². The lowest BCUT2D eigenvalue weighted by atomic mass is 10.1. The van der Waals surface area contributed by atoms with Crippen LogP contribution in [0.2, 0.25) is 0 Å². The molecule has 3 heteroatoms. The zero-order valence-electron chi connectivity index (χ0n) is 16.8. The van der Waals surface area contributed by atoms with E-state index >= 15 is 0 Å². The van der Waals surface area contributed by atoms with Crippen molar-refractivity contribution in [2.45, 2.75) is 90.9 Å². The summed E-state index contributed by atoms with van der Waals surface area (Å²) in [5, 5.41) is 1.31. The topological polar surface area (TPSA) is 29.3 Å². The molecule has 2 nitrogen and oxygen atoms in total. The number of rotatable bonds is 16. The van der Waals surface area contributed by atoms with Gasteiger partial charge in [0.25, 0.3) is 0 Å². The van der Waals surface area contributed by atoms with Crippen LogP contribution in [0, 0.1) is 0 Å². The van der Waals surface area contributed by atoms with Gasteiger partial charge in [-0.3, -0.25) is 10.2 Å². The molecule has 1 unspecified atom stereocenters. The largest absolute Gasteiger partial charge is 0.294 e. The van der Waals surface area contributed by atoms with E-state index in [0.29, 0.717) is 0 Å². The van der Waals surface area contributed by atoms with E-state index in [9.17, 15) is 0 Å². The smallest absolute Gasteiger partial charge is 0.0668 e. The molecule has 0 aliphatic rings. The average Bonchev–Trinajstić information content (AvgIpc) is 2.65. The van der Waals surface area contributed by atoms with Crippen molar-refractivity contribution in [2.24, 2.45) is 5.50 Å². The normalized spacial score (nSPS) is 12.6. The maximum absolute atomic E-state index is 6.65. The highest BCUT2D eigenvalue weighted by Crippen LogP contribution is 2.31. The van der Waals surface area contributed by atoms with Crippen LogP contribution in [-0.2, 0) is 0 Å². The molecule has 0 saturated carbocycles. The number of nitrogens with two attached hydrogens (primary N) is 1. The second kappa shape index (κ2) is 15.8. The Morgan fingerprint density at radius 2 is 1.12 bits per heavy atom. The molecule has 25 heavy (non-hydrogen) atoms. The number of unbranched alkanes of at least 4 members (excludes halogenated alkanes) is 10. The van der Waals surface area contributed by atoms with Gasteiger partial charge in [0.05, 0.1) is 8.22 Å². The van der Waals surface area contributed by atoms with Crippen LogP contribution in [-0.4, -0.2) is 17.8 Å². The Morgan fingerprint density at radius 1 is 0.680 bits per heavy atom. The highest BCUT2D eigenvalue weighted by atomic mass is 31.1. The molecule has 1 aromatic carbocycles. The quantitative estimate of drug-likeness (QED) is 0.264. The Bertz CT molecular complexity index is 380. The van der Waals surface area contributed by atoms with E-state index < -0.39 is 8.22 Å². The Balaban J connectivity index is 2.37.